The molecule has 0 saturated heterocycles. The van der Waals surface area contributed by atoms with Gasteiger partial charge in [-0.05, 0) is 17.7 Å². The van der Waals surface area contributed by atoms with Gasteiger partial charge in [-0.3, -0.25) is 9.78 Å². The minimum atomic E-state index is -0.333. The van der Waals surface area contributed by atoms with Crippen molar-refractivity contribution in [1.82, 2.24) is 15.2 Å². The van der Waals surface area contributed by atoms with E-state index < -0.39 is 0 Å². The summed E-state index contributed by atoms with van der Waals surface area (Å²) in [7, 11) is 0. The number of thioether (sulfide) groups is 1. The van der Waals surface area contributed by atoms with Crippen LogP contribution in [0.1, 0.15) is 5.56 Å². The van der Waals surface area contributed by atoms with Crippen molar-refractivity contribution in [2.45, 2.75) is 11.8 Å². The van der Waals surface area contributed by atoms with Crippen molar-refractivity contribution in [3.05, 3.63) is 60.4 Å². The average Bonchev–Trinajstić information content (AvgIpc) is 3.09. The van der Waals surface area contributed by atoms with Crippen LogP contribution in [-0.2, 0) is 16.1 Å². The fraction of sp³-hybridized carbons (Fsp3) is 0.125. The summed E-state index contributed by atoms with van der Waals surface area (Å²) in [5.41, 5.74) is 1.68. The van der Waals surface area contributed by atoms with Crippen LogP contribution in [0.5, 0.6) is 0 Å². The Bertz CT molecular complexity index is 763. The van der Waals surface area contributed by atoms with Crippen molar-refractivity contribution in [2.24, 2.45) is 0 Å². The minimum Gasteiger partial charge on any atom is -0.460 e. The highest BCUT2D eigenvalue weighted by molar-refractivity contribution is 7.99. The maximum atomic E-state index is 11.7. The lowest BCUT2D eigenvalue weighted by Gasteiger charge is -2.03. The highest BCUT2D eigenvalue weighted by Gasteiger charge is 2.12. The lowest BCUT2D eigenvalue weighted by atomic mass is 10.2. The van der Waals surface area contributed by atoms with Crippen LogP contribution in [-0.4, -0.2) is 26.9 Å². The van der Waals surface area contributed by atoms with E-state index in [1.165, 1.54) is 0 Å². The summed E-state index contributed by atoms with van der Waals surface area (Å²) in [4.78, 5) is 15.7. The molecule has 0 saturated carbocycles. The summed E-state index contributed by atoms with van der Waals surface area (Å²) in [6.45, 7) is 0.255. The SMILES string of the molecule is O=C(CSc1nnc(-c2cccnc2)o1)OCc1ccccc1. The molecule has 0 amide bonds. The summed E-state index contributed by atoms with van der Waals surface area (Å²) in [6, 6.07) is 13.1. The Morgan fingerprint density at radius 1 is 1.13 bits per heavy atom. The summed E-state index contributed by atoms with van der Waals surface area (Å²) in [5.74, 6) is 0.153. The maximum absolute atomic E-state index is 11.7. The first-order chi connectivity index (χ1) is 11.3. The van der Waals surface area contributed by atoms with E-state index >= 15 is 0 Å². The van der Waals surface area contributed by atoms with Crippen molar-refractivity contribution >= 4 is 17.7 Å². The Balaban J connectivity index is 1.49. The number of pyridine rings is 1. The standard InChI is InChI=1S/C16H13N3O3S/c20-14(21-10-12-5-2-1-3-6-12)11-23-16-19-18-15(22-16)13-7-4-8-17-9-13/h1-9H,10-11H2. The summed E-state index contributed by atoms with van der Waals surface area (Å²) < 4.78 is 10.7. The smallest absolute Gasteiger partial charge is 0.316 e. The Morgan fingerprint density at radius 2 is 2.00 bits per heavy atom. The third kappa shape index (κ3) is 4.40. The van der Waals surface area contributed by atoms with Crippen molar-refractivity contribution in [2.75, 3.05) is 5.75 Å². The number of hydrogen-bond acceptors (Lipinski definition) is 7. The molecule has 0 spiro atoms. The molecule has 6 nitrogen and oxygen atoms in total. The molecule has 7 heteroatoms. The first-order valence-corrected chi connectivity index (χ1v) is 7.86. The van der Waals surface area contributed by atoms with Gasteiger partial charge in [-0.25, -0.2) is 0 Å². The molecule has 0 unspecified atom stereocenters. The Labute approximate surface area is 136 Å². The quantitative estimate of drug-likeness (QED) is 0.509. The second kappa shape index (κ2) is 7.55. The second-order valence-electron chi connectivity index (χ2n) is 4.55. The number of hydrogen-bond donors (Lipinski definition) is 0. The predicted molar refractivity (Wildman–Crippen MR) is 84.5 cm³/mol. The lowest BCUT2D eigenvalue weighted by Crippen LogP contribution is -2.07. The van der Waals surface area contributed by atoms with Crippen LogP contribution in [0.2, 0.25) is 0 Å². The van der Waals surface area contributed by atoms with Gasteiger partial charge in [0.15, 0.2) is 0 Å². The molecule has 3 rings (SSSR count). The van der Waals surface area contributed by atoms with Gasteiger partial charge in [0.25, 0.3) is 5.22 Å². The van der Waals surface area contributed by atoms with Gasteiger partial charge in [0, 0.05) is 12.4 Å². The molecule has 2 aromatic heterocycles. The van der Waals surface area contributed by atoms with Gasteiger partial charge in [-0.15, -0.1) is 10.2 Å². The fourth-order valence-electron chi connectivity index (χ4n) is 1.77. The van der Waals surface area contributed by atoms with Crippen LogP contribution >= 0.6 is 11.8 Å². The second-order valence-corrected chi connectivity index (χ2v) is 5.48. The van der Waals surface area contributed by atoms with Crippen LogP contribution in [0.4, 0.5) is 0 Å². The number of carbonyl (C=O) groups is 1. The van der Waals surface area contributed by atoms with E-state index in [0.717, 1.165) is 22.9 Å². The minimum absolute atomic E-state index is 0.113. The highest BCUT2D eigenvalue weighted by Crippen LogP contribution is 2.22. The van der Waals surface area contributed by atoms with Gasteiger partial charge in [-0.1, -0.05) is 42.1 Å². The van der Waals surface area contributed by atoms with Gasteiger partial charge in [0.1, 0.15) is 12.4 Å². The molecule has 2 heterocycles. The molecular formula is C16H13N3O3S. The van der Waals surface area contributed by atoms with Gasteiger partial charge in [-0.2, -0.15) is 0 Å². The molecular weight excluding hydrogens is 314 g/mol. The molecule has 0 aliphatic heterocycles. The number of carbonyl (C=O) groups excluding carboxylic acids is 1. The molecule has 116 valence electrons. The van der Waals surface area contributed by atoms with Gasteiger partial charge >= 0.3 is 5.97 Å². The van der Waals surface area contributed by atoms with E-state index in [2.05, 4.69) is 15.2 Å². The molecule has 0 radical (unpaired) electrons. The van der Waals surface area contributed by atoms with E-state index in [1.54, 1.807) is 18.5 Å². The summed E-state index contributed by atoms with van der Waals surface area (Å²) in [6.07, 6.45) is 3.30. The van der Waals surface area contributed by atoms with Crippen molar-refractivity contribution in [3.8, 4) is 11.5 Å². The molecule has 23 heavy (non-hydrogen) atoms. The zero-order chi connectivity index (χ0) is 15.9. The molecule has 3 aromatic rings. The van der Waals surface area contributed by atoms with Crippen molar-refractivity contribution in [1.29, 1.82) is 0 Å². The van der Waals surface area contributed by atoms with Crippen LogP contribution < -0.4 is 0 Å². The van der Waals surface area contributed by atoms with Crippen molar-refractivity contribution < 1.29 is 13.9 Å². The van der Waals surface area contributed by atoms with Crippen LogP contribution in [0.25, 0.3) is 11.5 Å². The normalized spacial score (nSPS) is 10.4. The Hall–Kier alpha value is -2.67. The third-order valence-electron chi connectivity index (χ3n) is 2.87. The van der Waals surface area contributed by atoms with E-state index in [4.69, 9.17) is 9.15 Å². The largest absolute Gasteiger partial charge is 0.460 e. The molecule has 0 bridgehead atoms. The summed E-state index contributed by atoms with van der Waals surface area (Å²) >= 11 is 1.14. The van der Waals surface area contributed by atoms with Crippen LogP contribution in [0.3, 0.4) is 0 Å². The summed E-state index contributed by atoms with van der Waals surface area (Å²) in [5, 5.41) is 8.14. The lowest BCUT2D eigenvalue weighted by molar-refractivity contribution is -0.141. The van der Waals surface area contributed by atoms with E-state index in [-0.39, 0.29) is 18.3 Å². The monoisotopic (exact) mass is 327 g/mol. The fourth-order valence-corrected chi connectivity index (χ4v) is 2.34. The van der Waals surface area contributed by atoms with Crippen molar-refractivity contribution in [3.63, 3.8) is 0 Å². The molecule has 0 N–H and O–H groups in total. The number of rotatable bonds is 6. The van der Waals surface area contributed by atoms with Crippen LogP contribution in [0, 0.1) is 0 Å². The predicted octanol–water partition coefficient (Wildman–Crippen LogP) is 2.97. The van der Waals surface area contributed by atoms with E-state index in [0.29, 0.717) is 11.1 Å². The molecule has 1 aromatic carbocycles. The Kier molecular flexibility index (Phi) is 5.00. The highest BCUT2D eigenvalue weighted by atomic mass is 32.2. The molecule has 0 aliphatic rings. The maximum Gasteiger partial charge on any atom is 0.316 e. The number of nitrogens with zero attached hydrogens (tertiary/aromatic N) is 3. The number of aromatic nitrogens is 3. The van der Waals surface area contributed by atoms with E-state index in [1.807, 2.05) is 36.4 Å². The van der Waals surface area contributed by atoms with E-state index in [9.17, 15) is 4.79 Å². The van der Waals surface area contributed by atoms with Gasteiger partial charge in [0.05, 0.1) is 5.56 Å². The first kappa shape index (κ1) is 15.2. The zero-order valence-electron chi connectivity index (χ0n) is 12.1. The topological polar surface area (TPSA) is 78.1 Å². The number of ether oxygens (including phenoxy) is 1. The number of benzene rings is 1. The average molecular weight is 327 g/mol. The molecule has 0 aliphatic carbocycles. The third-order valence-corrected chi connectivity index (χ3v) is 3.66. The van der Waals surface area contributed by atoms with Crippen LogP contribution in [0.15, 0.2) is 64.5 Å². The van der Waals surface area contributed by atoms with Gasteiger partial charge in [0.2, 0.25) is 5.89 Å². The zero-order valence-corrected chi connectivity index (χ0v) is 12.9. The number of esters is 1. The molecule has 0 atom stereocenters. The van der Waals surface area contributed by atoms with Gasteiger partial charge < -0.3 is 9.15 Å². The first-order valence-electron chi connectivity index (χ1n) is 6.87. The molecule has 0 fully saturated rings. The Morgan fingerprint density at radius 3 is 2.78 bits per heavy atom.